The Kier molecular flexibility index (Phi) is 5.99. The largest absolute Gasteiger partial charge is 0.497 e. The number of aromatic amines is 1. The number of benzene rings is 1. The Hall–Kier alpha value is -2.59. The van der Waals surface area contributed by atoms with E-state index in [2.05, 4.69) is 17.1 Å². The molecule has 190 valence electrons. The average molecular weight is 529 g/mol. The van der Waals surface area contributed by atoms with Gasteiger partial charge in [-0.1, -0.05) is 29.9 Å². The minimum absolute atomic E-state index is 0.00465. The number of unbranched alkanes of at least 4 members (excludes halogenated alkanes) is 2. The number of carboxylic acid groups (broad SMARTS) is 1. The molecule has 2 aliphatic carbocycles. The standard InChI is InChI=1S/C26H28N2O6S2/c1-34-13-8-6-12(7-9-13)17-18-14-11-15(21(18)35-23-22(17)36-26(33)27-23)20-19(14)24(31)28(25(20)32)10-4-2-3-5-16(29)30/h6-9,14-15,17-21H,2-5,10-11H2,1H3,(H,27,33)(H,29,30)/t14-,15+,17-,18+,19+,20+,21-/m0/s1. The van der Waals surface area contributed by atoms with E-state index in [4.69, 9.17) is 9.84 Å². The first-order valence-corrected chi connectivity index (χ1v) is 14.2. The zero-order valence-electron chi connectivity index (χ0n) is 19.8. The zero-order chi connectivity index (χ0) is 25.1. The van der Waals surface area contributed by atoms with Crippen LogP contribution in [0.2, 0.25) is 0 Å². The second kappa shape index (κ2) is 9.06. The Bertz CT molecular complexity index is 1270. The van der Waals surface area contributed by atoms with Crippen molar-refractivity contribution in [3.63, 3.8) is 0 Å². The fraction of sp³-hybridized carbons (Fsp3) is 0.538. The molecule has 0 spiro atoms. The summed E-state index contributed by atoms with van der Waals surface area (Å²) < 4.78 is 5.35. The third-order valence-corrected chi connectivity index (χ3v) is 11.2. The van der Waals surface area contributed by atoms with Gasteiger partial charge in [-0.3, -0.25) is 24.1 Å². The Balaban J connectivity index is 1.28. The third kappa shape index (κ3) is 3.63. The lowest BCUT2D eigenvalue weighted by molar-refractivity contribution is -0.141. The lowest BCUT2D eigenvalue weighted by Crippen LogP contribution is -2.42. The number of carbonyl (C=O) groups is 3. The number of fused-ring (bicyclic) bond motifs is 9. The minimum atomic E-state index is -0.823. The SMILES string of the molecule is COc1ccc([C@@H]2c3sc(=O)[nH]c3S[C@H]3[C@@H]4C[C@H]([C@H]5C(=O)N(CCCCCC(=O)O)C(=O)[C@H]45)[C@H]23)cc1. The summed E-state index contributed by atoms with van der Waals surface area (Å²) in [5.74, 6) is -0.335. The maximum absolute atomic E-state index is 13.5. The highest BCUT2D eigenvalue weighted by molar-refractivity contribution is 8.00. The lowest BCUT2D eigenvalue weighted by Gasteiger charge is -2.43. The smallest absolute Gasteiger partial charge is 0.305 e. The van der Waals surface area contributed by atoms with Crippen LogP contribution in [-0.4, -0.2) is 51.7 Å². The Morgan fingerprint density at radius 2 is 1.81 bits per heavy atom. The summed E-state index contributed by atoms with van der Waals surface area (Å²) in [4.78, 5) is 55.5. The molecule has 2 N–H and O–H groups in total. The first-order valence-electron chi connectivity index (χ1n) is 12.5. The van der Waals surface area contributed by atoms with E-state index in [0.717, 1.165) is 27.6 Å². The number of hydrogen-bond acceptors (Lipinski definition) is 7. The Morgan fingerprint density at radius 1 is 1.08 bits per heavy atom. The normalized spacial score (nSPS) is 31.9. The van der Waals surface area contributed by atoms with Gasteiger partial charge in [-0.05, 0) is 54.7 Å². The molecule has 8 nitrogen and oxygen atoms in total. The number of carbonyl (C=O) groups excluding carboxylic acids is 2. The van der Waals surface area contributed by atoms with E-state index in [-0.39, 0.29) is 63.9 Å². The molecular formula is C26H28N2O6S2. The number of rotatable bonds is 8. The van der Waals surface area contributed by atoms with Crippen LogP contribution in [0.25, 0.3) is 0 Å². The number of carboxylic acids is 1. The van der Waals surface area contributed by atoms with Crippen molar-refractivity contribution in [2.45, 2.75) is 48.3 Å². The van der Waals surface area contributed by atoms with Gasteiger partial charge in [0.25, 0.3) is 0 Å². The molecule has 0 unspecified atom stereocenters. The van der Waals surface area contributed by atoms with Crippen LogP contribution in [0.3, 0.4) is 0 Å². The third-order valence-electron chi connectivity index (χ3n) is 8.56. The molecule has 0 radical (unpaired) electrons. The molecule has 2 amide bonds. The van der Waals surface area contributed by atoms with Crippen molar-refractivity contribution < 1.29 is 24.2 Å². The maximum Gasteiger partial charge on any atom is 0.305 e. The van der Waals surface area contributed by atoms with Gasteiger partial charge in [0.2, 0.25) is 11.8 Å². The lowest BCUT2D eigenvalue weighted by atomic mass is 9.68. The van der Waals surface area contributed by atoms with Crippen molar-refractivity contribution >= 4 is 40.9 Å². The van der Waals surface area contributed by atoms with Crippen molar-refractivity contribution in [1.82, 2.24) is 9.88 Å². The van der Waals surface area contributed by atoms with E-state index in [1.165, 1.54) is 16.2 Å². The number of hydrogen-bond donors (Lipinski definition) is 2. The van der Waals surface area contributed by atoms with Crippen LogP contribution >= 0.6 is 23.1 Å². The number of amides is 2. The van der Waals surface area contributed by atoms with Gasteiger partial charge < -0.3 is 14.8 Å². The van der Waals surface area contributed by atoms with Gasteiger partial charge >= 0.3 is 10.8 Å². The second-order valence-corrected chi connectivity index (χ2v) is 12.5. The molecule has 1 aromatic heterocycles. The van der Waals surface area contributed by atoms with E-state index in [1.807, 2.05) is 12.1 Å². The van der Waals surface area contributed by atoms with Gasteiger partial charge in [-0.25, -0.2) is 0 Å². The maximum atomic E-state index is 13.5. The summed E-state index contributed by atoms with van der Waals surface area (Å²) in [6, 6.07) is 7.99. The highest BCUT2D eigenvalue weighted by Gasteiger charge is 2.69. The topological polar surface area (TPSA) is 117 Å². The van der Waals surface area contributed by atoms with E-state index >= 15 is 0 Å². The van der Waals surface area contributed by atoms with E-state index in [9.17, 15) is 19.2 Å². The monoisotopic (exact) mass is 528 g/mol. The van der Waals surface area contributed by atoms with Gasteiger partial charge in [-0.15, -0.1) is 11.8 Å². The number of likely N-dealkylation sites (tertiary alicyclic amines) is 1. The van der Waals surface area contributed by atoms with Gasteiger partial charge in [-0.2, -0.15) is 0 Å². The van der Waals surface area contributed by atoms with Crippen LogP contribution in [0.4, 0.5) is 0 Å². The molecule has 2 saturated carbocycles. The van der Waals surface area contributed by atoms with Gasteiger partial charge in [0.05, 0.1) is 24.0 Å². The predicted octanol–water partition coefficient (Wildman–Crippen LogP) is 3.56. The van der Waals surface area contributed by atoms with E-state index in [0.29, 0.717) is 25.8 Å². The highest BCUT2D eigenvalue weighted by Crippen LogP contribution is 2.68. The summed E-state index contributed by atoms with van der Waals surface area (Å²) in [5, 5.41) is 9.91. The van der Waals surface area contributed by atoms with Gasteiger partial charge in [0.1, 0.15) is 5.75 Å². The molecule has 1 saturated heterocycles. The number of nitrogens with one attached hydrogen (secondary N) is 1. The number of aromatic nitrogens is 1. The molecule has 10 heteroatoms. The molecule has 2 aromatic rings. The molecule has 4 aliphatic rings. The van der Waals surface area contributed by atoms with Crippen LogP contribution in [0, 0.1) is 29.6 Å². The van der Waals surface area contributed by atoms with Crippen LogP contribution in [-0.2, 0) is 14.4 Å². The zero-order valence-corrected chi connectivity index (χ0v) is 21.5. The number of methoxy groups -OCH3 is 1. The number of ether oxygens (including phenoxy) is 1. The van der Waals surface area contributed by atoms with E-state index in [1.54, 1.807) is 18.9 Å². The molecule has 1 aromatic carbocycles. The number of imide groups is 1. The molecule has 36 heavy (non-hydrogen) atoms. The number of thiazole rings is 1. The molecule has 2 aliphatic heterocycles. The summed E-state index contributed by atoms with van der Waals surface area (Å²) in [7, 11) is 1.63. The van der Waals surface area contributed by atoms with E-state index < -0.39 is 5.97 Å². The molecule has 3 fully saturated rings. The Labute approximate surface area is 216 Å². The fourth-order valence-corrected chi connectivity index (χ4v) is 10.1. The number of thioether (sulfide) groups is 1. The molecule has 7 atom stereocenters. The fourth-order valence-electron chi connectivity index (χ4n) is 7.21. The summed E-state index contributed by atoms with van der Waals surface area (Å²) in [6.07, 6.45) is 2.84. The molecule has 2 bridgehead atoms. The van der Waals surface area contributed by atoms with Crippen LogP contribution in [0.5, 0.6) is 5.75 Å². The summed E-state index contributed by atoms with van der Waals surface area (Å²) >= 11 is 2.95. The number of aliphatic carboxylic acids is 1. The first-order chi connectivity index (χ1) is 17.4. The van der Waals surface area contributed by atoms with Crippen LogP contribution in [0.1, 0.15) is 48.5 Å². The van der Waals surface area contributed by atoms with Crippen molar-refractivity contribution in [2.24, 2.45) is 29.6 Å². The van der Waals surface area contributed by atoms with Gasteiger partial charge in [0, 0.05) is 29.0 Å². The highest BCUT2D eigenvalue weighted by atomic mass is 32.2. The number of H-pyrrole nitrogens is 1. The summed E-state index contributed by atoms with van der Waals surface area (Å²) in [5.41, 5.74) is 1.11. The molecule has 3 heterocycles. The number of nitrogens with zero attached hydrogens (tertiary/aromatic N) is 1. The van der Waals surface area contributed by atoms with Crippen molar-refractivity contribution in [3.05, 3.63) is 44.4 Å². The van der Waals surface area contributed by atoms with Gasteiger partial charge in [0.15, 0.2) is 0 Å². The Morgan fingerprint density at radius 3 is 2.50 bits per heavy atom. The van der Waals surface area contributed by atoms with Crippen molar-refractivity contribution in [1.29, 1.82) is 0 Å². The van der Waals surface area contributed by atoms with Crippen LogP contribution in [0.15, 0.2) is 34.1 Å². The molecule has 6 rings (SSSR count). The summed E-state index contributed by atoms with van der Waals surface area (Å²) in [6.45, 7) is 0.370. The molecular weight excluding hydrogens is 500 g/mol. The minimum Gasteiger partial charge on any atom is -0.497 e. The quantitative estimate of drug-likeness (QED) is 0.397. The van der Waals surface area contributed by atoms with Crippen molar-refractivity contribution in [3.8, 4) is 5.75 Å². The van der Waals surface area contributed by atoms with Crippen LogP contribution < -0.4 is 9.61 Å². The first kappa shape index (κ1) is 23.8. The second-order valence-electron chi connectivity index (χ2n) is 10.3. The van der Waals surface area contributed by atoms with Crippen molar-refractivity contribution in [2.75, 3.05) is 13.7 Å². The average Bonchev–Trinajstić information content (AvgIpc) is 3.59. The predicted molar refractivity (Wildman–Crippen MR) is 134 cm³/mol.